The molecule has 0 aromatic heterocycles. The third-order valence-electron chi connectivity index (χ3n) is 2.40. The van der Waals surface area contributed by atoms with E-state index in [4.69, 9.17) is 0 Å². The van der Waals surface area contributed by atoms with Gasteiger partial charge in [-0.15, -0.1) is 4.99 Å². The lowest BCUT2D eigenvalue weighted by Gasteiger charge is -2.24. The molecule has 7 nitrogen and oxygen atoms in total. The van der Waals surface area contributed by atoms with Crippen LogP contribution in [0.2, 0.25) is 0 Å². The van der Waals surface area contributed by atoms with Crippen LogP contribution < -0.4 is 5.32 Å². The molecule has 1 N–H and O–H groups in total. The van der Waals surface area contributed by atoms with Gasteiger partial charge < -0.3 is 15.0 Å². The van der Waals surface area contributed by atoms with Crippen molar-refractivity contribution in [2.45, 2.75) is 0 Å². The molecule has 1 aromatic rings. The van der Waals surface area contributed by atoms with Crippen molar-refractivity contribution in [3.8, 4) is 0 Å². The highest BCUT2D eigenvalue weighted by molar-refractivity contribution is 6.04. The Labute approximate surface area is 117 Å². The van der Waals surface area contributed by atoms with Crippen LogP contribution in [-0.4, -0.2) is 56.1 Å². The maximum Gasteiger partial charge on any atom is 0.436 e. The van der Waals surface area contributed by atoms with E-state index in [2.05, 4.69) is 15.0 Å². The van der Waals surface area contributed by atoms with Crippen LogP contribution in [0, 0.1) is 0 Å². The van der Waals surface area contributed by atoms with Crippen LogP contribution in [0.1, 0.15) is 0 Å². The lowest BCUT2D eigenvalue weighted by molar-refractivity contribution is 0.181. The average Bonchev–Trinajstić information content (AvgIpc) is 2.44. The molecule has 108 valence electrons. The molecule has 0 aliphatic heterocycles. The zero-order valence-corrected chi connectivity index (χ0v) is 12.0. The summed E-state index contributed by atoms with van der Waals surface area (Å²) in [6, 6.07) is 8.59. The van der Waals surface area contributed by atoms with Gasteiger partial charge in [-0.05, 0) is 12.1 Å². The van der Waals surface area contributed by atoms with Crippen LogP contribution in [0.4, 0.5) is 15.3 Å². The van der Waals surface area contributed by atoms with Crippen molar-refractivity contribution in [3.63, 3.8) is 0 Å². The Morgan fingerprint density at radius 3 is 2.25 bits per heavy atom. The zero-order valence-electron chi connectivity index (χ0n) is 12.0. The molecule has 0 spiro atoms. The minimum atomic E-state index is -0.770. The molecule has 20 heavy (non-hydrogen) atoms. The van der Waals surface area contributed by atoms with Crippen LogP contribution in [-0.2, 0) is 4.74 Å². The summed E-state index contributed by atoms with van der Waals surface area (Å²) in [5.41, 5.74) is 0.653. The second-order valence-electron chi connectivity index (χ2n) is 4.13. The third kappa shape index (κ3) is 4.27. The Morgan fingerprint density at radius 2 is 1.75 bits per heavy atom. The molecule has 0 aliphatic rings. The molecule has 0 unspecified atom stereocenters. The second kappa shape index (κ2) is 7.13. The first kappa shape index (κ1) is 15.5. The summed E-state index contributed by atoms with van der Waals surface area (Å²) in [6.07, 6.45) is -0.770. The fourth-order valence-corrected chi connectivity index (χ4v) is 1.42. The molecule has 1 aromatic carbocycles. The molecule has 0 saturated carbocycles. The lowest BCUT2D eigenvalue weighted by Crippen LogP contribution is -2.44. The number of nitrogens with one attached hydrogen (secondary N) is 1. The van der Waals surface area contributed by atoms with Crippen molar-refractivity contribution in [3.05, 3.63) is 30.3 Å². The summed E-state index contributed by atoms with van der Waals surface area (Å²) < 4.78 is 4.47. The SMILES string of the molecule is COC(=O)N=C(N(C)C)N(C)C(=O)Nc1ccccc1. The van der Waals surface area contributed by atoms with E-state index in [-0.39, 0.29) is 5.96 Å². The summed E-state index contributed by atoms with van der Waals surface area (Å²) >= 11 is 0. The number of carbonyl (C=O) groups excluding carboxylic acids is 2. The van der Waals surface area contributed by atoms with Gasteiger partial charge >= 0.3 is 12.1 Å². The number of hydrogen-bond acceptors (Lipinski definition) is 3. The van der Waals surface area contributed by atoms with Gasteiger partial charge in [0.25, 0.3) is 0 Å². The number of ether oxygens (including phenoxy) is 1. The number of aliphatic imine (C=N–C) groups is 1. The second-order valence-corrected chi connectivity index (χ2v) is 4.13. The Hall–Kier alpha value is -2.57. The number of urea groups is 1. The van der Waals surface area contributed by atoms with Gasteiger partial charge in [-0.25, -0.2) is 9.59 Å². The molecule has 7 heteroatoms. The highest BCUT2D eigenvalue weighted by atomic mass is 16.5. The maximum absolute atomic E-state index is 12.1. The number of anilines is 1. The van der Waals surface area contributed by atoms with Gasteiger partial charge in [0, 0.05) is 26.8 Å². The normalized spacial score (nSPS) is 10.7. The van der Waals surface area contributed by atoms with Crippen molar-refractivity contribution in [1.82, 2.24) is 9.80 Å². The number of amides is 3. The first-order chi connectivity index (χ1) is 9.45. The highest BCUT2D eigenvalue weighted by Gasteiger charge is 2.18. The van der Waals surface area contributed by atoms with Gasteiger partial charge in [-0.1, -0.05) is 18.2 Å². The Kier molecular flexibility index (Phi) is 5.52. The number of carbonyl (C=O) groups is 2. The first-order valence-corrected chi connectivity index (χ1v) is 5.89. The zero-order chi connectivity index (χ0) is 15.1. The van der Waals surface area contributed by atoms with Gasteiger partial charge in [0.15, 0.2) is 0 Å². The third-order valence-corrected chi connectivity index (χ3v) is 2.40. The number of benzene rings is 1. The molecule has 0 aliphatic carbocycles. The van der Waals surface area contributed by atoms with Gasteiger partial charge in [-0.3, -0.25) is 4.90 Å². The quantitative estimate of drug-likeness (QED) is 0.628. The summed E-state index contributed by atoms with van der Waals surface area (Å²) in [4.78, 5) is 29.8. The standard InChI is InChI=1S/C13H18N4O3/c1-16(2)11(15-13(19)20-4)17(3)12(18)14-10-8-6-5-7-9-10/h5-9H,1-4H3,(H,14,18). The van der Waals surface area contributed by atoms with E-state index in [0.29, 0.717) is 5.69 Å². The van der Waals surface area contributed by atoms with E-state index >= 15 is 0 Å². The molecule has 0 radical (unpaired) electrons. The minimum absolute atomic E-state index is 0.172. The number of hydrogen-bond donors (Lipinski definition) is 1. The Bertz CT molecular complexity index is 500. The van der Waals surface area contributed by atoms with Crippen LogP contribution in [0.25, 0.3) is 0 Å². The monoisotopic (exact) mass is 278 g/mol. The molecular formula is C13H18N4O3. The number of para-hydroxylation sites is 1. The van der Waals surface area contributed by atoms with Gasteiger partial charge in [0.05, 0.1) is 7.11 Å². The predicted octanol–water partition coefficient (Wildman–Crippen LogP) is 1.83. The van der Waals surface area contributed by atoms with E-state index < -0.39 is 12.1 Å². The fourth-order valence-electron chi connectivity index (χ4n) is 1.42. The number of nitrogens with zero attached hydrogens (tertiary/aromatic N) is 3. The largest absolute Gasteiger partial charge is 0.451 e. The molecular weight excluding hydrogens is 260 g/mol. The fraction of sp³-hybridized carbons (Fsp3) is 0.308. The molecule has 1 rings (SSSR count). The Balaban J connectivity index is 2.84. The maximum atomic E-state index is 12.1. The van der Waals surface area contributed by atoms with E-state index in [9.17, 15) is 9.59 Å². The molecule has 0 bridgehead atoms. The summed E-state index contributed by atoms with van der Waals surface area (Å²) in [5.74, 6) is 0.172. The van der Waals surface area contributed by atoms with Gasteiger partial charge in [0.2, 0.25) is 5.96 Å². The number of rotatable bonds is 1. The van der Waals surface area contributed by atoms with E-state index in [1.54, 1.807) is 31.1 Å². The first-order valence-electron chi connectivity index (χ1n) is 5.89. The lowest BCUT2D eigenvalue weighted by atomic mass is 10.3. The van der Waals surface area contributed by atoms with Crippen LogP contribution >= 0.6 is 0 Å². The molecule has 0 heterocycles. The van der Waals surface area contributed by atoms with E-state index in [0.717, 1.165) is 0 Å². The Morgan fingerprint density at radius 1 is 1.15 bits per heavy atom. The van der Waals surface area contributed by atoms with E-state index in [1.807, 2.05) is 18.2 Å². The smallest absolute Gasteiger partial charge is 0.436 e. The molecule has 0 fully saturated rings. The van der Waals surface area contributed by atoms with Crippen molar-refractivity contribution in [2.75, 3.05) is 33.6 Å². The van der Waals surface area contributed by atoms with Crippen LogP contribution in [0.3, 0.4) is 0 Å². The van der Waals surface area contributed by atoms with Crippen molar-refractivity contribution in [2.24, 2.45) is 4.99 Å². The highest BCUT2D eigenvalue weighted by Crippen LogP contribution is 2.06. The van der Waals surface area contributed by atoms with Crippen LogP contribution in [0.15, 0.2) is 35.3 Å². The topological polar surface area (TPSA) is 74.2 Å². The molecule has 0 saturated heterocycles. The van der Waals surface area contributed by atoms with Crippen molar-refractivity contribution in [1.29, 1.82) is 0 Å². The molecule has 3 amide bonds. The average molecular weight is 278 g/mol. The summed E-state index contributed by atoms with van der Waals surface area (Å²) in [7, 11) is 6.09. The van der Waals surface area contributed by atoms with E-state index in [1.165, 1.54) is 19.1 Å². The number of methoxy groups -OCH3 is 1. The predicted molar refractivity (Wildman–Crippen MR) is 76.8 cm³/mol. The van der Waals surface area contributed by atoms with Gasteiger partial charge in [-0.2, -0.15) is 0 Å². The minimum Gasteiger partial charge on any atom is -0.451 e. The summed E-state index contributed by atoms with van der Waals surface area (Å²) in [5, 5.41) is 2.70. The molecule has 0 atom stereocenters. The van der Waals surface area contributed by atoms with Crippen molar-refractivity contribution < 1.29 is 14.3 Å². The van der Waals surface area contributed by atoms with Gasteiger partial charge in [0.1, 0.15) is 0 Å². The summed E-state index contributed by atoms with van der Waals surface area (Å²) in [6.45, 7) is 0. The number of guanidine groups is 1. The van der Waals surface area contributed by atoms with Crippen LogP contribution in [0.5, 0.6) is 0 Å². The van der Waals surface area contributed by atoms with Crippen molar-refractivity contribution >= 4 is 23.8 Å².